The monoisotopic (exact) mass is 546 g/mol. The number of aryl methyl sites for hydroxylation is 3. The Bertz CT molecular complexity index is 1450. The molecule has 0 aliphatic carbocycles. The minimum atomic E-state index is -3.79. The lowest BCUT2D eigenvalue weighted by Crippen LogP contribution is -2.26. The van der Waals surface area contributed by atoms with Crippen molar-refractivity contribution in [1.82, 2.24) is 19.5 Å². The van der Waals surface area contributed by atoms with Crippen LogP contribution in [-0.2, 0) is 22.3 Å². The molecule has 0 unspecified atom stereocenters. The molecular weight excluding hydrogens is 523 g/mol. The van der Waals surface area contributed by atoms with Crippen LogP contribution < -0.4 is 4.72 Å². The van der Waals surface area contributed by atoms with E-state index in [9.17, 15) is 8.42 Å². The summed E-state index contributed by atoms with van der Waals surface area (Å²) < 4.78 is 30.9. The second-order valence-electron chi connectivity index (χ2n) is 8.16. The summed E-state index contributed by atoms with van der Waals surface area (Å²) in [5.41, 5.74) is 4.14. The van der Waals surface area contributed by atoms with Gasteiger partial charge in [-0.25, -0.2) is 13.1 Å². The fourth-order valence-corrected chi connectivity index (χ4v) is 6.80. The Morgan fingerprint density at radius 3 is 2.29 bits per heavy atom. The highest BCUT2D eigenvalue weighted by Crippen LogP contribution is 2.31. The van der Waals surface area contributed by atoms with E-state index in [0.717, 1.165) is 11.1 Å². The van der Waals surface area contributed by atoms with Gasteiger partial charge in [0.2, 0.25) is 10.0 Å². The number of nitrogens with one attached hydrogen (secondary N) is 1. The van der Waals surface area contributed by atoms with E-state index in [4.69, 9.17) is 23.2 Å². The third-order valence-corrected chi connectivity index (χ3v) is 8.60. The highest BCUT2D eigenvalue weighted by Gasteiger charge is 2.23. The summed E-state index contributed by atoms with van der Waals surface area (Å²) in [7, 11) is -3.79. The molecule has 0 spiro atoms. The fraction of sp³-hybridized carbons (Fsp3) is 0.200. The van der Waals surface area contributed by atoms with Crippen LogP contribution in [-0.4, -0.2) is 23.2 Å². The van der Waals surface area contributed by atoms with Crippen molar-refractivity contribution in [3.05, 3.63) is 98.8 Å². The predicted molar refractivity (Wildman–Crippen MR) is 142 cm³/mol. The van der Waals surface area contributed by atoms with Gasteiger partial charge >= 0.3 is 0 Å². The molecule has 1 N–H and O–H groups in total. The van der Waals surface area contributed by atoms with E-state index in [0.29, 0.717) is 43.6 Å². The summed E-state index contributed by atoms with van der Waals surface area (Å²) in [5, 5.41) is 10.1. The number of nitrogens with zero attached hydrogens (tertiary/aromatic N) is 3. The first-order valence-corrected chi connectivity index (χ1v) is 14.0. The maximum Gasteiger partial charge on any atom is 0.241 e. The third-order valence-electron chi connectivity index (χ3n) is 5.36. The molecule has 0 saturated carbocycles. The van der Waals surface area contributed by atoms with Crippen molar-refractivity contribution < 1.29 is 8.42 Å². The molecule has 6 nitrogen and oxygen atoms in total. The minimum Gasteiger partial charge on any atom is -0.271 e. The summed E-state index contributed by atoms with van der Waals surface area (Å²) in [6.07, 6.45) is 0. The van der Waals surface area contributed by atoms with Crippen LogP contribution in [0.1, 0.15) is 28.1 Å². The Labute approximate surface area is 219 Å². The second-order valence-corrected chi connectivity index (χ2v) is 11.6. The van der Waals surface area contributed by atoms with Crippen LogP contribution in [0.25, 0.3) is 5.69 Å². The van der Waals surface area contributed by atoms with Crippen LogP contribution in [0.15, 0.2) is 70.7 Å². The van der Waals surface area contributed by atoms with Gasteiger partial charge in [-0.15, -0.1) is 10.2 Å². The largest absolute Gasteiger partial charge is 0.271 e. The van der Waals surface area contributed by atoms with Gasteiger partial charge in [0.1, 0.15) is 0 Å². The number of hydrogen-bond donors (Lipinski definition) is 1. The summed E-state index contributed by atoms with van der Waals surface area (Å²) in [4.78, 5) is 0.275. The summed E-state index contributed by atoms with van der Waals surface area (Å²) in [5.74, 6) is 1.08. The first-order chi connectivity index (χ1) is 16.7. The van der Waals surface area contributed by atoms with E-state index in [-0.39, 0.29) is 11.4 Å². The number of thioether (sulfide) groups is 1. The van der Waals surface area contributed by atoms with Gasteiger partial charge in [0.15, 0.2) is 11.0 Å². The van der Waals surface area contributed by atoms with Gasteiger partial charge < -0.3 is 0 Å². The van der Waals surface area contributed by atoms with Gasteiger partial charge in [0, 0.05) is 10.8 Å². The summed E-state index contributed by atoms with van der Waals surface area (Å²) >= 11 is 14.1. The van der Waals surface area contributed by atoms with Gasteiger partial charge in [-0.05, 0) is 55.7 Å². The van der Waals surface area contributed by atoms with Crippen molar-refractivity contribution in [1.29, 1.82) is 0 Å². The third kappa shape index (κ3) is 5.90. The highest BCUT2D eigenvalue weighted by molar-refractivity contribution is 7.98. The van der Waals surface area contributed by atoms with E-state index < -0.39 is 10.0 Å². The van der Waals surface area contributed by atoms with Crippen LogP contribution in [0.5, 0.6) is 0 Å². The zero-order valence-electron chi connectivity index (χ0n) is 19.4. The molecule has 3 aromatic carbocycles. The lowest BCUT2D eigenvalue weighted by atomic mass is 10.1. The van der Waals surface area contributed by atoms with E-state index in [1.807, 2.05) is 49.4 Å². The van der Waals surface area contributed by atoms with Crippen LogP contribution >= 0.6 is 35.0 Å². The topological polar surface area (TPSA) is 76.9 Å². The highest BCUT2D eigenvalue weighted by atomic mass is 35.5. The standard InChI is InChI=1S/C25H24Cl2N4O2S2/c1-16-11-17(2)24(18(3)12-16)35(32,33)28-14-23-29-30-25(34-15-19-7-5-4-6-8-19)31(23)22-10-9-20(26)13-21(22)27/h4-13,28H,14-15H2,1-3H3. The predicted octanol–water partition coefficient (Wildman–Crippen LogP) is 6.27. The molecule has 4 rings (SSSR count). The lowest BCUT2D eigenvalue weighted by molar-refractivity contribution is 0.577. The molecule has 0 aliphatic heterocycles. The first kappa shape index (κ1) is 25.7. The number of hydrogen-bond acceptors (Lipinski definition) is 5. The molecule has 4 aromatic rings. The van der Waals surface area contributed by atoms with Crippen LogP contribution in [0, 0.1) is 20.8 Å². The van der Waals surface area contributed by atoms with Gasteiger partial charge in [-0.1, -0.05) is 83.0 Å². The average Bonchev–Trinajstić information content (AvgIpc) is 3.19. The van der Waals surface area contributed by atoms with Crippen molar-refractivity contribution in [2.45, 2.75) is 43.1 Å². The Hall–Kier alpha value is -2.36. The molecule has 0 saturated heterocycles. The van der Waals surface area contributed by atoms with E-state index in [1.54, 1.807) is 36.6 Å². The number of aromatic nitrogens is 3. The molecule has 1 aromatic heterocycles. The SMILES string of the molecule is Cc1cc(C)c(S(=O)(=O)NCc2nnc(SCc3ccccc3)n2-c2ccc(Cl)cc2Cl)c(C)c1. The number of sulfonamides is 1. The minimum absolute atomic E-state index is 0.0626. The molecular formula is C25H24Cl2N4O2S2. The zero-order chi connectivity index (χ0) is 25.2. The normalized spacial score (nSPS) is 11.7. The second kappa shape index (κ2) is 10.7. The molecule has 0 amide bonds. The lowest BCUT2D eigenvalue weighted by Gasteiger charge is -2.15. The van der Waals surface area contributed by atoms with Gasteiger partial charge in [-0.2, -0.15) is 0 Å². The van der Waals surface area contributed by atoms with E-state index in [2.05, 4.69) is 14.9 Å². The number of rotatable bonds is 8. The fourth-order valence-electron chi connectivity index (χ4n) is 3.96. The van der Waals surface area contributed by atoms with Crippen LogP contribution in [0.2, 0.25) is 10.0 Å². The molecule has 0 radical (unpaired) electrons. The number of halogens is 2. The van der Waals surface area contributed by atoms with Crippen LogP contribution in [0.3, 0.4) is 0 Å². The molecule has 1 heterocycles. The first-order valence-electron chi connectivity index (χ1n) is 10.8. The Morgan fingerprint density at radius 1 is 0.943 bits per heavy atom. The molecule has 0 atom stereocenters. The van der Waals surface area contributed by atoms with E-state index in [1.165, 1.54) is 11.8 Å². The Kier molecular flexibility index (Phi) is 7.88. The van der Waals surface area contributed by atoms with Crippen molar-refractivity contribution in [2.75, 3.05) is 0 Å². The van der Waals surface area contributed by atoms with Gasteiger partial charge in [0.25, 0.3) is 0 Å². The van der Waals surface area contributed by atoms with Gasteiger partial charge in [0.05, 0.1) is 22.2 Å². The summed E-state index contributed by atoms with van der Waals surface area (Å²) in [6, 6.07) is 18.8. The Morgan fingerprint density at radius 2 is 1.63 bits per heavy atom. The number of benzene rings is 3. The maximum absolute atomic E-state index is 13.2. The quantitative estimate of drug-likeness (QED) is 0.263. The molecule has 182 valence electrons. The average molecular weight is 548 g/mol. The van der Waals surface area contributed by atoms with E-state index >= 15 is 0 Å². The molecule has 10 heteroatoms. The molecule has 0 fully saturated rings. The molecule has 0 aliphatic rings. The van der Waals surface area contributed by atoms with Crippen molar-refractivity contribution in [3.63, 3.8) is 0 Å². The smallest absolute Gasteiger partial charge is 0.241 e. The Balaban J connectivity index is 1.67. The zero-order valence-corrected chi connectivity index (χ0v) is 22.6. The summed E-state index contributed by atoms with van der Waals surface area (Å²) in [6.45, 7) is 5.47. The van der Waals surface area contributed by atoms with Crippen molar-refractivity contribution >= 4 is 45.0 Å². The molecule has 0 bridgehead atoms. The van der Waals surface area contributed by atoms with Crippen molar-refractivity contribution in [2.24, 2.45) is 0 Å². The maximum atomic E-state index is 13.2. The van der Waals surface area contributed by atoms with Crippen molar-refractivity contribution in [3.8, 4) is 5.69 Å². The molecule has 35 heavy (non-hydrogen) atoms. The van der Waals surface area contributed by atoms with Crippen LogP contribution in [0.4, 0.5) is 0 Å². The van der Waals surface area contributed by atoms with Gasteiger partial charge in [-0.3, -0.25) is 4.57 Å².